The highest BCUT2D eigenvalue weighted by Gasteiger charge is 2.17. The number of esters is 1. The quantitative estimate of drug-likeness (QED) is 0.824. The van der Waals surface area contributed by atoms with Gasteiger partial charge in [0.1, 0.15) is 6.61 Å². The van der Waals surface area contributed by atoms with Crippen molar-refractivity contribution in [2.24, 2.45) is 11.7 Å². The lowest BCUT2D eigenvalue weighted by atomic mass is 10.1. The fraction of sp³-hybridized carbons (Fsp3) is 0.533. The molecule has 2 unspecified atom stereocenters. The van der Waals surface area contributed by atoms with E-state index in [0.717, 1.165) is 11.3 Å². The summed E-state index contributed by atoms with van der Waals surface area (Å²) < 4.78 is 21.1. The Balaban J connectivity index is 1.96. The summed E-state index contributed by atoms with van der Waals surface area (Å²) in [6.45, 7) is 3.45. The number of hydrogen-bond acceptors (Lipinski definition) is 6. The first-order valence-corrected chi connectivity index (χ1v) is 6.90. The molecular weight excluding hydrogens is 274 g/mol. The topological polar surface area (TPSA) is 80.0 Å². The van der Waals surface area contributed by atoms with Crippen molar-refractivity contribution in [1.29, 1.82) is 0 Å². The fourth-order valence-electron chi connectivity index (χ4n) is 1.92. The van der Waals surface area contributed by atoms with Crippen molar-refractivity contribution in [2.45, 2.75) is 13.0 Å². The number of fused-ring (bicyclic) bond motifs is 1. The van der Waals surface area contributed by atoms with Gasteiger partial charge in [-0.15, -0.1) is 0 Å². The van der Waals surface area contributed by atoms with Crippen LogP contribution in [0.15, 0.2) is 18.2 Å². The van der Waals surface area contributed by atoms with Gasteiger partial charge in [0.15, 0.2) is 11.5 Å². The SMILES string of the molecule is COC(=O)COCC(N)c1ccc2c(c1)OCC(C)CO2. The molecule has 0 fully saturated rings. The maximum Gasteiger partial charge on any atom is 0.331 e. The summed E-state index contributed by atoms with van der Waals surface area (Å²) >= 11 is 0. The molecule has 0 radical (unpaired) electrons. The minimum Gasteiger partial charge on any atom is -0.489 e. The Labute approximate surface area is 124 Å². The summed E-state index contributed by atoms with van der Waals surface area (Å²) in [4.78, 5) is 11.0. The second-order valence-electron chi connectivity index (χ2n) is 5.13. The lowest BCUT2D eigenvalue weighted by Gasteiger charge is -2.14. The lowest BCUT2D eigenvalue weighted by Crippen LogP contribution is -2.20. The van der Waals surface area contributed by atoms with Gasteiger partial charge in [-0.2, -0.15) is 0 Å². The van der Waals surface area contributed by atoms with Gasteiger partial charge >= 0.3 is 5.97 Å². The fourth-order valence-corrected chi connectivity index (χ4v) is 1.92. The van der Waals surface area contributed by atoms with Gasteiger partial charge in [-0.25, -0.2) is 4.79 Å². The zero-order chi connectivity index (χ0) is 15.2. The van der Waals surface area contributed by atoms with Crippen molar-refractivity contribution in [3.63, 3.8) is 0 Å². The van der Waals surface area contributed by atoms with Crippen LogP contribution in [0.4, 0.5) is 0 Å². The molecule has 6 nitrogen and oxygen atoms in total. The van der Waals surface area contributed by atoms with E-state index in [0.29, 0.717) is 24.9 Å². The molecule has 1 aromatic rings. The van der Waals surface area contributed by atoms with Crippen LogP contribution in [-0.2, 0) is 14.3 Å². The maximum absolute atomic E-state index is 11.0. The van der Waals surface area contributed by atoms with Crippen LogP contribution in [0.1, 0.15) is 18.5 Å². The highest BCUT2D eigenvalue weighted by Crippen LogP contribution is 2.32. The Hall–Kier alpha value is -1.79. The molecule has 2 N–H and O–H groups in total. The summed E-state index contributed by atoms with van der Waals surface area (Å²) in [5.74, 6) is 1.35. The Morgan fingerprint density at radius 3 is 2.81 bits per heavy atom. The molecule has 1 aromatic carbocycles. The molecular formula is C15H21NO5. The first kappa shape index (κ1) is 15.6. The number of ether oxygens (including phenoxy) is 4. The minimum absolute atomic E-state index is 0.105. The molecule has 0 aromatic heterocycles. The number of nitrogens with two attached hydrogens (primary N) is 1. The van der Waals surface area contributed by atoms with E-state index in [4.69, 9.17) is 19.9 Å². The predicted octanol–water partition coefficient (Wildman–Crippen LogP) is 1.28. The summed E-state index contributed by atoms with van der Waals surface area (Å²) in [5.41, 5.74) is 6.92. The van der Waals surface area contributed by atoms with Crippen molar-refractivity contribution in [1.82, 2.24) is 0 Å². The van der Waals surface area contributed by atoms with Crippen molar-refractivity contribution in [3.8, 4) is 11.5 Å². The van der Waals surface area contributed by atoms with Crippen LogP contribution < -0.4 is 15.2 Å². The second kappa shape index (κ2) is 7.28. The molecule has 1 aliphatic rings. The van der Waals surface area contributed by atoms with Gasteiger partial charge in [0.25, 0.3) is 0 Å². The zero-order valence-corrected chi connectivity index (χ0v) is 12.3. The van der Waals surface area contributed by atoms with Gasteiger partial charge in [-0.1, -0.05) is 13.0 Å². The van der Waals surface area contributed by atoms with E-state index in [-0.39, 0.29) is 19.3 Å². The number of benzene rings is 1. The van der Waals surface area contributed by atoms with E-state index >= 15 is 0 Å². The average Bonchev–Trinajstić information content (AvgIpc) is 2.68. The predicted molar refractivity (Wildman–Crippen MR) is 76.4 cm³/mol. The Kier molecular flexibility index (Phi) is 5.41. The summed E-state index contributed by atoms with van der Waals surface area (Å²) in [7, 11) is 1.32. The molecule has 1 aliphatic heterocycles. The molecule has 6 heteroatoms. The van der Waals surface area contributed by atoms with Gasteiger partial charge in [0.2, 0.25) is 0 Å². The highest BCUT2D eigenvalue weighted by atomic mass is 16.6. The van der Waals surface area contributed by atoms with Crippen LogP contribution in [0.25, 0.3) is 0 Å². The highest BCUT2D eigenvalue weighted by molar-refractivity contribution is 5.70. The largest absolute Gasteiger partial charge is 0.489 e. The Bertz CT molecular complexity index is 491. The van der Waals surface area contributed by atoms with Crippen LogP contribution in [-0.4, -0.2) is 39.5 Å². The van der Waals surface area contributed by atoms with E-state index in [2.05, 4.69) is 11.7 Å². The number of rotatable bonds is 5. The van der Waals surface area contributed by atoms with Crippen LogP contribution in [0.2, 0.25) is 0 Å². The molecule has 0 aliphatic carbocycles. The first-order chi connectivity index (χ1) is 10.1. The third-order valence-electron chi connectivity index (χ3n) is 3.19. The molecule has 116 valence electrons. The molecule has 0 bridgehead atoms. The molecule has 2 atom stereocenters. The minimum atomic E-state index is -0.421. The zero-order valence-electron chi connectivity index (χ0n) is 12.3. The molecule has 0 amide bonds. The number of carbonyl (C=O) groups excluding carboxylic acids is 1. The third kappa shape index (κ3) is 4.34. The normalized spacial score (nSPS) is 18.7. The van der Waals surface area contributed by atoms with Gasteiger partial charge in [-0.05, 0) is 17.7 Å². The Morgan fingerprint density at radius 1 is 1.38 bits per heavy atom. The average molecular weight is 295 g/mol. The molecule has 21 heavy (non-hydrogen) atoms. The summed E-state index contributed by atoms with van der Waals surface area (Å²) in [5, 5.41) is 0. The van der Waals surface area contributed by atoms with E-state index in [1.54, 1.807) is 0 Å². The molecule has 0 spiro atoms. The van der Waals surface area contributed by atoms with E-state index < -0.39 is 5.97 Å². The van der Waals surface area contributed by atoms with Crippen LogP contribution >= 0.6 is 0 Å². The van der Waals surface area contributed by atoms with E-state index in [1.165, 1.54) is 7.11 Å². The van der Waals surface area contributed by atoms with Crippen molar-refractivity contribution in [3.05, 3.63) is 23.8 Å². The first-order valence-electron chi connectivity index (χ1n) is 6.90. The van der Waals surface area contributed by atoms with Crippen LogP contribution in [0.3, 0.4) is 0 Å². The monoisotopic (exact) mass is 295 g/mol. The second-order valence-corrected chi connectivity index (χ2v) is 5.13. The van der Waals surface area contributed by atoms with Crippen molar-refractivity contribution >= 4 is 5.97 Å². The van der Waals surface area contributed by atoms with Crippen LogP contribution in [0, 0.1) is 5.92 Å². The van der Waals surface area contributed by atoms with E-state index in [1.807, 2.05) is 18.2 Å². The van der Waals surface area contributed by atoms with Gasteiger partial charge in [0, 0.05) is 5.92 Å². The summed E-state index contributed by atoms with van der Waals surface area (Å²) in [6.07, 6.45) is 0. The van der Waals surface area contributed by atoms with Gasteiger partial charge < -0.3 is 24.7 Å². The summed E-state index contributed by atoms with van der Waals surface area (Å²) in [6, 6.07) is 5.25. The number of carbonyl (C=O) groups is 1. The molecule has 1 heterocycles. The standard InChI is InChI=1S/C15H21NO5/c1-10-6-20-13-4-3-11(5-14(13)21-7-10)12(16)8-19-9-15(17)18-2/h3-5,10,12H,6-9,16H2,1-2H3. The Morgan fingerprint density at radius 2 is 2.10 bits per heavy atom. The molecule has 0 saturated heterocycles. The van der Waals surface area contributed by atoms with Crippen molar-refractivity contribution in [2.75, 3.05) is 33.5 Å². The molecule has 2 rings (SSSR count). The number of methoxy groups -OCH3 is 1. The molecule has 0 saturated carbocycles. The van der Waals surface area contributed by atoms with Gasteiger partial charge in [0.05, 0.1) is 33.0 Å². The smallest absolute Gasteiger partial charge is 0.331 e. The number of hydrogen-bond donors (Lipinski definition) is 1. The lowest BCUT2D eigenvalue weighted by molar-refractivity contribution is -0.146. The van der Waals surface area contributed by atoms with Crippen molar-refractivity contribution < 1.29 is 23.7 Å². The van der Waals surface area contributed by atoms with Crippen LogP contribution in [0.5, 0.6) is 11.5 Å². The maximum atomic E-state index is 11.0. The van der Waals surface area contributed by atoms with Gasteiger partial charge in [-0.3, -0.25) is 0 Å². The van der Waals surface area contributed by atoms with E-state index in [9.17, 15) is 4.79 Å². The third-order valence-corrected chi connectivity index (χ3v) is 3.19.